The summed E-state index contributed by atoms with van der Waals surface area (Å²) in [6.07, 6.45) is 0.630. The van der Waals surface area contributed by atoms with E-state index in [0.29, 0.717) is 13.0 Å². The van der Waals surface area contributed by atoms with E-state index in [9.17, 15) is 0 Å². The molecule has 3 heteroatoms. The largest absolute Gasteiger partial charge is 0.406 e. The standard InChI is InChI=1S/C21H26O2Si/c1-21(2,3)24(19-13-7-4-8-14-19,20-15-9-5-10-16-20)23-18-12-6-11-17-22/h4-5,7-10,13-16,22H,12,17-18H2,1-3H3. The van der Waals surface area contributed by atoms with E-state index in [0.717, 1.165) is 0 Å². The average molecular weight is 339 g/mol. The molecule has 2 aromatic rings. The monoisotopic (exact) mass is 338 g/mol. The number of hydrogen-bond donors (Lipinski definition) is 1. The predicted octanol–water partition coefficient (Wildman–Crippen LogP) is 2.95. The maximum absolute atomic E-state index is 8.80. The van der Waals surface area contributed by atoms with E-state index in [4.69, 9.17) is 9.53 Å². The zero-order valence-electron chi connectivity index (χ0n) is 14.8. The fraction of sp³-hybridized carbons (Fsp3) is 0.333. The van der Waals surface area contributed by atoms with Crippen molar-refractivity contribution < 1.29 is 9.53 Å². The minimum atomic E-state index is -2.44. The molecule has 1 N–H and O–H groups in total. The van der Waals surface area contributed by atoms with Crippen LogP contribution in [0.3, 0.4) is 0 Å². The lowest BCUT2D eigenvalue weighted by Crippen LogP contribution is -2.66. The van der Waals surface area contributed by atoms with Crippen LogP contribution in [0.2, 0.25) is 5.04 Å². The predicted molar refractivity (Wildman–Crippen MR) is 103 cm³/mol. The van der Waals surface area contributed by atoms with Gasteiger partial charge in [0.05, 0.1) is 0 Å². The van der Waals surface area contributed by atoms with Crippen molar-refractivity contribution in [3.05, 3.63) is 60.7 Å². The van der Waals surface area contributed by atoms with E-state index in [1.165, 1.54) is 10.4 Å². The second-order valence-corrected chi connectivity index (χ2v) is 11.1. The molecule has 0 aromatic heterocycles. The highest BCUT2D eigenvalue weighted by molar-refractivity contribution is 6.99. The molecule has 0 spiro atoms. The fourth-order valence-corrected chi connectivity index (χ4v) is 7.72. The van der Waals surface area contributed by atoms with Crippen molar-refractivity contribution >= 4 is 18.7 Å². The van der Waals surface area contributed by atoms with Crippen molar-refractivity contribution in [3.8, 4) is 11.8 Å². The normalized spacial score (nSPS) is 11.7. The van der Waals surface area contributed by atoms with Crippen molar-refractivity contribution in [2.45, 2.75) is 32.2 Å². The molecule has 0 aliphatic carbocycles. The van der Waals surface area contributed by atoms with Crippen LogP contribution >= 0.6 is 0 Å². The lowest BCUT2D eigenvalue weighted by Gasteiger charge is -2.43. The lowest BCUT2D eigenvalue weighted by molar-refractivity contribution is 0.306. The van der Waals surface area contributed by atoms with Crippen molar-refractivity contribution in [1.82, 2.24) is 0 Å². The van der Waals surface area contributed by atoms with Gasteiger partial charge in [0.1, 0.15) is 6.61 Å². The number of benzene rings is 2. The third-order valence-corrected chi connectivity index (χ3v) is 9.21. The highest BCUT2D eigenvalue weighted by Crippen LogP contribution is 2.36. The Hall–Kier alpha value is -1.86. The second-order valence-electron chi connectivity index (χ2n) is 6.77. The first kappa shape index (κ1) is 18.5. The van der Waals surface area contributed by atoms with E-state index < -0.39 is 8.32 Å². The van der Waals surface area contributed by atoms with Gasteiger partial charge in [0.25, 0.3) is 8.32 Å². The first-order valence-corrected chi connectivity index (χ1v) is 10.2. The minimum Gasteiger partial charge on any atom is -0.406 e. The summed E-state index contributed by atoms with van der Waals surface area (Å²) in [6, 6.07) is 21.2. The molecule has 0 unspecified atom stereocenters. The van der Waals surface area contributed by atoms with E-state index in [1.807, 2.05) is 12.1 Å². The molecular formula is C21H26O2Si. The van der Waals surface area contributed by atoms with Crippen LogP contribution in [-0.2, 0) is 4.43 Å². The first-order chi connectivity index (χ1) is 11.5. The van der Waals surface area contributed by atoms with Gasteiger partial charge in [-0.1, -0.05) is 93.3 Å². The summed E-state index contributed by atoms with van der Waals surface area (Å²) >= 11 is 0. The van der Waals surface area contributed by atoms with Crippen molar-refractivity contribution in [2.24, 2.45) is 0 Å². The molecule has 0 saturated heterocycles. The van der Waals surface area contributed by atoms with E-state index in [1.54, 1.807) is 0 Å². The number of hydrogen-bond acceptors (Lipinski definition) is 2. The molecule has 24 heavy (non-hydrogen) atoms. The van der Waals surface area contributed by atoms with Crippen LogP contribution in [0, 0.1) is 11.8 Å². The summed E-state index contributed by atoms with van der Waals surface area (Å²) in [7, 11) is -2.44. The average Bonchev–Trinajstić information content (AvgIpc) is 2.59. The van der Waals surface area contributed by atoms with Gasteiger partial charge in [0.2, 0.25) is 0 Å². The number of rotatable bonds is 5. The quantitative estimate of drug-likeness (QED) is 0.516. The summed E-state index contributed by atoms with van der Waals surface area (Å²) < 4.78 is 6.67. The molecule has 2 nitrogen and oxygen atoms in total. The van der Waals surface area contributed by atoms with Gasteiger partial charge in [0, 0.05) is 13.0 Å². The van der Waals surface area contributed by atoms with Crippen LogP contribution in [0.4, 0.5) is 0 Å². The lowest BCUT2D eigenvalue weighted by atomic mass is 10.2. The number of aliphatic hydroxyl groups is 1. The summed E-state index contributed by atoms with van der Waals surface area (Å²) in [6.45, 7) is 7.26. The smallest absolute Gasteiger partial charge is 0.261 e. The third-order valence-electron chi connectivity index (χ3n) is 4.17. The molecule has 2 aromatic carbocycles. The molecule has 0 amide bonds. The molecule has 0 atom stereocenters. The topological polar surface area (TPSA) is 29.5 Å². The Morgan fingerprint density at radius 2 is 1.38 bits per heavy atom. The van der Waals surface area contributed by atoms with Crippen LogP contribution in [0.25, 0.3) is 0 Å². The fourth-order valence-electron chi connectivity index (χ4n) is 3.16. The Kier molecular flexibility index (Phi) is 6.39. The van der Waals surface area contributed by atoms with Gasteiger partial charge < -0.3 is 9.53 Å². The van der Waals surface area contributed by atoms with Crippen LogP contribution in [0.5, 0.6) is 0 Å². The Balaban J connectivity index is 2.49. The van der Waals surface area contributed by atoms with Crippen molar-refractivity contribution in [1.29, 1.82) is 0 Å². The highest BCUT2D eigenvalue weighted by atomic mass is 28.4. The zero-order chi connectivity index (χ0) is 17.5. The maximum Gasteiger partial charge on any atom is 0.261 e. The Bertz CT molecular complexity index is 639. The van der Waals surface area contributed by atoms with Gasteiger partial charge in [-0.15, -0.1) is 0 Å². The Morgan fingerprint density at radius 3 is 1.79 bits per heavy atom. The summed E-state index contributed by atoms with van der Waals surface area (Å²) in [5.74, 6) is 5.65. The summed E-state index contributed by atoms with van der Waals surface area (Å²) in [5.41, 5.74) is 0. The van der Waals surface area contributed by atoms with Gasteiger partial charge in [-0.2, -0.15) is 0 Å². The Labute approximate surface area is 146 Å². The molecule has 126 valence electrons. The van der Waals surface area contributed by atoms with Gasteiger partial charge in [-0.3, -0.25) is 0 Å². The molecule has 0 radical (unpaired) electrons. The second kappa shape index (κ2) is 8.30. The van der Waals surface area contributed by atoms with Gasteiger partial charge in [-0.25, -0.2) is 0 Å². The molecule has 0 heterocycles. The maximum atomic E-state index is 8.80. The summed E-state index contributed by atoms with van der Waals surface area (Å²) in [5, 5.41) is 11.3. The minimum absolute atomic E-state index is 0.0138. The van der Waals surface area contributed by atoms with Crippen LogP contribution in [-0.4, -0.2) is 26.6 Å². The van der Waals surface area contributed by atoms with Gasteiger partial charge in [-0.05, 0) is 15.4 Å². The van der Waals surface area contributed by atoms with Crippen molar-refractivity contribution in [2.75, 3.05) is 13.2 Å². The van der Waals surface area contributed by atoms with Crippen molar-refractivity contribution in [3.63, 3.8) is 0 Å². The Morgan fingerprint density at radius 1 is 0.875 bits per heavy atom. The number of aliphatic hydroxyl groups excluding tert-OH is 1. The summed E-state index contributed by atoms with van der Waals surface area (Å²) in [4.78, 5) is 0. The molecule has 0 aliphatic heterocycles. The first-order valence-electron chi connectivity index (χ1n) is 8.34. The molecule has 0 fully saturated rings. The van der Waals surface area contributed by atoms with Crippen LogP contribution < -0.4 is 10.4 Å². The third kappa shape index (κ3) is 3.96. The van der Waals surface area contributed by atoms with E-state index in [2.05, 4.69) is 81.1 Å². The molecular weight excluding hydrogens is 312 g/mol. The molecule has 2 rings (SSSR count). The van der Waals surface area contributed by atoms with Crippen LogP contribution in [0.1, 0.15) is 27.2 Å². The SMILES string of the molecule is CC(C)(C)[Si](OCCC#CCO)(c1ccccc1)c1ccccc1. The zero-order valence-corrected chi connectivity index (χ0v) is 15.8. The molecule has 0 bridgehead atoms. The van der Waals surface area contributed by atoms with Gasteiger partial charge in [0.15, 0.2) is 0 Å². The van der Waals surface area contributed by atoms with E-state index in [-0.39, 0.29) is 11.6 Å². The van der Waals surface area contributed by atoms with E-state index >= 15 is 0 Å². The highest BCUT2D eigenvalue weighted by Gasteiger charge is 2.49. The van der Waals surface area contributed by atoms with Gasteiger partial charge >= 0.3 is 0 Å². The molecule has 0 aliphatic rings. The van der Waals surface area contributed by atoms with Crippen LogP contribution in [0.15, 0.2) is 60.7 Å². The molecule has 0 saturated carbocycles.